The molecular formula is C21H25NO5. The van der Waals surface area contributed by atoms with Crippen LogP contribution in [0.3, 0.4) is 0 Å². The van der Waals surface area contributed by atoms with Crippen LogP contribution in [0.25, 0.3) is 0 Å². The summed E-state index contributed by atoms with van der Waals surface area (Å²) < 4.78 is 15.8. The van der Waals surface area contributed by atoms with Crippen molar-refractivity contribution in [1.82, 2.24) is 0 Å². The number of ether oxygens (including phenoxy) is 3. The topological polar surface area (TPSA) is 73.9 Å². The van der Waals surface area contributed by atoms with Gasteiger partial charge in [0.15, 0.2) is 6.61 Å². The highest BCUT2D eigenvalue weighted by molar-refractivity contribution is 5.95. The summed E-state index contributed by atoms with van der Waals surface area (Å²) in [6, 6.07) is 12.4. The van der Waals surface area contributed by atoms with E-state index in [1.807, 2.05) is 39.0 Å². The highest BCUT2D eigenvalue weighted by atomic mass is 16.6. The first kappa shape index (κ1) is 20.5. The second-order valence-corrected chi connectivity index (χ2v) is 6.02. The third-order valence-electron chi connectivity index (χ3n) is 3.75. The fourth-order valence-corrected chi connectivity index (χ4v) is 2.35. The molecule has 2 rings (SSSR count). The molecule has 144 valence electrons. The lowest BCUT2D eigenvalue weighted by molar-refractivity contribution is -0.118. The highest BCUT2D eigenvalue weighted by Crippen LogP contribution is 2.19. The maximum absolute atomic E-state index is 12.1. The standard InChI is InChI=1S/C21H25NO5/c1-4-25-10-11-26-21(24)17-6-5-7-18(13-17)22-20(23)14-27-19-12-15(2)8-9-16(19)3/h5-9,12-13H,4,10-11,14H2,1-3H3,(H,22,23). The molecule has 2 aromatic carbocycles. The first-order valence-electron chi connectivity index (χ1n) is 8.84. The predicted octanol–water partition coefficient (Wildman–Crippen LogP) is 3.51. The minimum atomic E-state index is -0.461. The number of anilines is 1. The Bertz CT molecular complexity index is 788. The summed E-state index contributed by atoms with van der Waals surface area (Å²) in [5.41, 5.74) is 2.89. The van der Waals surface area contributed by atoms with Gasteiger partial charge in [0.1, 0.15) is 12.4 Å². The average Bonchev–Trinajstić information content (AvgIpc) is 2.66. The van der Waals surface area contributed by atoms with Crippen LogP contribution in [0.1, 0.15) is 28.4 Å². The molecule has 0 fully saturated rings. The predicted molar refractivity (Wildman–Crippen MR) is 103 cm³/mol. The smallest absolute Gasteiger partial charge is 0.338 e. The lowest BCUT2D eigenvalue weighted by Gasteiger charge is -2.11. The number of benzene rings is 2. The van der Waals surface area contributed by atoms with Gasteiger partial charge in [-0.1, -0.05) is 18.2 Å². The van der Waals surface area contributed by atoms with Crippen molar-refractivity contribution in [3.8, 4) is 5.75 Å². The summed E-state index contributed by atoms with van der Waals surface area (Å²) in [6.07, 6.45) is 0. The van der Waals surface area contributed by atoms with Crippen molar-refractivity contribution in [2.75, 3.05) is 31.7 Å². The molecule has 0 unspecified atom stereocenters. The Kier molecular flexibility index (Phi) is 7.82. The average molecular weight is 371 g/mol. The number of carbonyl (C=O) groups is 2. The van der Waals surface area contributed by atoms with Gasteiger partial charge < -0.3 is 19.5 Å². The summed E-state index contributed by atoms with van der Waals surface area (Å²) in [7, 11) is 0. The normalized spacial score (nSPS) is 10.3. The van der Waals surface area contributed by atoms with E-state index in [1.165, 1.54) is 0 Å². The van der Waals surface area contributed by atoms with E-state index in [0.29, 0.717) is 30.2 Å². The van der Waals surface area contributed by atoms with Gasteiger partial charge in [0.25, 0.3) is 5.91 Å². The second kappa shape index (κ2) is 10.3. The summed E-state index contributed by atoms with van der Waals surface area (Å²) >= 11 is 0. The maximum Gasteiger partial charge on any atom is 0.338 e. The number of rotatable bonds is 9. The van der Waals surface area contributed by atoms with Crippen molar-refractivity contribution in [3.05, 3.63) is 59.2 Å². The van der Waals surface area contributed by atoms with Crippen molar-refractivity contribution >= 4 is 17.6 Å². The van der Waals surface area contributed by atoms with E-state index in [9.17, 15) is 9.59 Å². The Morgan fingerprint density at radius 1 is 1.04 bits per heavy atom. The van der Waals surface area contributed by atoms with Gasteiger partial charge in [-0.05, 0) is 56.2 Å². The van der Waals surface area contributed by atoms with Crippen LogP contribution in [0.2, 0.25) is 0 Å². The van der Waals surface area contributed by atoms with Gasteiger partial charge in [0.05, 0.1) is 12.2 Å². The van der Waals surface area contributed by atoms with E-state index in [-0.39, 0.29) is 19.1 Å². The Morgan fingerprint density at radius 3 is 2.63 bits per heavy atom. The largest absolute Gasteiger partial charge is 0.483 e. The van der Waals surface area contributed by atoms with Crippen LogP contribution in [0.15, 0.2) is 42.5 Å². The zero-order valence-electron chi connectivity index (χ0n) is 15.9. The summed E-state index contributed by atoms with van der Waals surface area (Å²) in [4.78, 5) is 24.1. The van der Waals surface area contributed by atoms with E-state index >= 15 is 0 Å². The molecule has 6 nitrogen and oxygen atoms in total. The first-order valence-corrected chi connectivity index (χ1v) is 8.84. The van der Waals surface area contributed by atoms with Crippen molar-refractivity contribution in [2.24, 2.45) is 0 Å². The second-order valence-electron chi connectivity index (χ2n) is 6.02. The van der Waals surface area contributed by atoms with Crippen LogP contribution >= 0.6 is 0 Å². The molecule has 1 amide bonds. The molecular weight excluding hydrogens is 346 g/mol. The molecule has 0 saturated carbocycles. The zero-order valence-corrected chi connectivity index (χ0v) is 15.9. The van der Waals surface area contributed by atoms with Gasteiger partial charge >= 0.3 is 5.97 Å². The Morgan fingerprint density at radius 2 is 1.85 bits per heavy atom. The number of hydrogen-bond donors (Lipinski definition) is 1. The van der Waals surface area contributed by atoms with Crippen LogP contribution in [0, 0.1) is 13.8 Å². The van der Waals surface area contributed by atoms with Gasteiger partial charge in [-0.25, -0.2) is 4.79 Å². The van der Waals surface area contributed by atoms with Gasteiger partial charge in [-0.3, -0.25) is 4.79 Å². The first-order chi connectivity index (χ1) is 13.0. The van der Waals surface area contributed by atoms with Gasteiger partial charge in [0, 0.05) is 12.3 Å². The van der Waals surface area contributed by atoms with E-state index in [0.717, 1.165) is 11.1 Å². The van der Waals surface area contributed by atoms with Gasteiger partial charge in [0.2, 0.25) is 0 Å². The molecule has 0 aromatic heterocycles. The van der Waals surface area contributed by atoms with Gasteiger partial charge in [-0.2, -0.15) is 0 Å². The lowest BCUT2D eigenvalue weighted by Crippen LogP contribution is -2.20. The van der Waals surface area contributed by atoms with E-state index in [2.05, 4.69) is 5.32 Å². The van der Waals surface area contributed by atoms with Crippen LogP contribution < -0.4 is 10.1 Å². The van der Waals surface area contributed by atoms with Crippen LogP contribution in [0.4, 0.5) is 5.69 Å². The molecule has 0 aliphatic heterocycles. The molecule has 6 heteroatoms. The van der Waals surface area contributed by atoms with Crippen LogP contribution in [0.5, 0.6) is 5.75 Å². The monoisotopic (exact) mass is 371 g/mol. The number of esters is 1. The van der Waals surface area contributed by atoms with Crippen LogP contribution in [-0.2, 0) is 14.3 Å². The molecule has 0 bridgehead atoms. The SMILES string of the molecule is CCOCCOC(=O)c1cccc(NC(=O)COc2cc(C)ccc2C)c1. The quantitative estimate of drug-likeness (QED) is 0.539. The molecule has 0 spiro atoms. The van der Waals surface area contributed by atoms with Crippen molar-refractivity contribution < 1.29 is 23.8 Å². The number of hydrogen-bond acceptors (Lipinski definition) is 5. The third kappa shape index (κ3) is 6.75. The Hall–Kier alpha value is -2.86. The minimum absolute atomic E-state index is 0.118. The number of nitrogens with one attached hydrogen (secondary N) is 1. The number of carbonyl (C=O) groups excluding carboxylic acids is 2. The molecule has 0 aliphatic rings. The lowest BCUT2D eigenvalue weighted by atomic mass is 10.1. The molecule has 2 aromatic rings. The molecule has 0 saturated heterocycles. The van der Waals surface area contributed by atoms with Gasteiger partial charge in [-0.15, -0.1) is 0 Å². The molecule has 0 atom stereocenters. The minimum Gasteiger partial charge on any atom is -0.483 e. The number of aryl methyl sites for hydroxylation is 2. The molecule has 1 N–H and O–H groups in total. The molecule has 27 heavy (non-hydrogen) atoms. The van der Waals surface area contributed by atoms with Crippen molar-refractivity contribution in [3.63, 3.8) is 0 Å². The fraction of sp³-hybridized carbons (Fsp3) is 0.333. The van der Waals surface area contributed by atoms with E-state index in [1.54, 1.807) is 24.3 Å². The fourth-order valence-electron chi connectivity index (χ4n) is 2.35. The summed E-state index contributed by atoms with van der Waals surface area (Å²) in [5.74, 6) is -0.0908. The summed E-state index contributed by atoms with van der Waals surface area (Å²) in [5, 5.41) is 2.72. The number of amides is 1. The van der Waals surface area contributed by atoms with E-state index in [4.69, 9.17) is 14.2 Å². The van der Waals surface area contributed by atoms with Crippen LogP contribution in [-0.4, -0.2) is 38.3 Å². The third-order valence-corrected chi connectivity index (χ3v) is 3.75. The Labute approximate surface area is 159 Å². The maximum atomic E-state index is 12.1. The molecule has 0 aliphatic carbocycles. The zero-order chi connectivity index (χ0) is 19.6. The van der Waals surface area contributed by atoms with Crippen molar-refractivity contribution in [1.29, 1.82) is 0 Å². The van der Waals surface area contributed by atoms with E-state index < -0.39 is 5.97 Å². The molecule has 0 heterocycles. The molecule has 0 radical (unpaired) electrons. The highest BCUT2D eigenvalue weighted by Gasteiger charge is 2.10. The van der Waals surface area contributed by atoms with Crippen molar-refractivity contribution in [2.45, 2.75) is 20.8 Å². The Balaban J connectivity index is 1.88. The summed E-state index contributed by atoms with van der Waals surface area (Å²) in [6.45, 7) is 6.76.